The lowest BCUT2D eigenvalue weighted by molar-refractivity contribution is 0.220. The summed E-state index contributed by atoms with van der Waals surface area (Å²) in [5, 5.41) is 0. The van der Waals surface area contributed by atoms with Crippen molar-refractivity contribution in [3.8, 4) is 40.2 Å². The van der Waals surface area contributed by atoms with Crippen LogP contribution in [0.1, 0.15) is 62.2 Å². The van der Waals surface area contributed by atoms with Crippen molar-refractivity contribution in [3.63, 3.8) is 0 Å². The normalized spacial score (nSPS) is 18.2. The number of aryl methyl sites for hydroxylation is 2. The summed E-state index contributed by atoms with van der Waals surface area (Å²) in [6.45, 7) is 5.80. The van der Waals surface area contributed by atoms with Crippen molar-refractivity contribution in [3.05, 3.63) is 129 Å². The van der Waals surface area contributed by atoms with E-state index in [0.717, 1.165) is 65.9 Å². The van der Waals surface area contributed by atoms with Crippen LogP contribution in [-0.4, -0.2) is 66.7 Å². The molecule has 4 heterocycles. The van der Waals surface area contributed by atoms with Crippen LogP contribution in [0.15, 0.2) is 83.8 Å². The molecule has 2 atom stereocenters. The molecule has 10 heteroatoms. The third-order valence-corrected chi connectivity index (χ3v) is 13.5. The minimum absolute atomic E-state index is 0.152. The summed E-state index contributed by atoms with van der Waals surface area (Å²) < 4.78 is 59.8. The number of benzene rings is 5. The largest absolute Gasteiger partial charge is 0.493 e. The Kier molecular flexibility index (Phi) is 10.2. The second-order valence-electron chi connectivity index (χ2n) is 15.4. The van der Waals surface area contributed by atoms with Gasteiger partial charge in [0.25, 0.3) is 0 Å². The maximum atomic E-state index is 14.1. The second-order valence-corrected chi connectivity index (χ2v) is 17.4. The number of hydrogen-bond acceptors (Lipinski definition) is 9. The third kappa shape index (κ3) is 7.10. The van der Waals surface area contributed by atoms with Crippen molar-refractivity contribution in [2.24, 2.45) is 0 Å². The highest BCUT2D eigenvalue weighted by molar-refractivity contribution is 7.90. The van der Waals surface area contributed by atoms with Gasteiger partial charge in [-0.25, -0.2) is 8.42 Å². The van der Waals surface area contributed by atoms with Crippen LogP contribution in [0.3, 0.4) is 0 Å². The standard InChI is InChI=1S/C46H50N2O7S/c1-28-8-14-36(15-9-28)56(49,50)27-34-25-41(51-5)42-24-33(34)22-39-44-32(17-19-48(39)4)23-43(52-6)45(53-7)46(44)55-40-26-37-31(20-29(40)2)16-18-47(3)38(37)21-30-10-12-35(54-42)13-11-30/h8-15,20,23-26,38-39H,16-19,21-22,27H2,1-7H3/t38-,39-/m0/s1. The van der Waals surface area contributed by atoms with Gasteiger partial charge in [-0.3, -0.25) is 9.80 Å². The molecule has 0 saturated carbocycles. The molecule has 0 aromatic heterocycles. The smallest absolute Gasteiger partial charge is 0.204 e. The van der Waals surface area contributed by atoms with Crippen molar-refractivity contribution in [1.29, 1.82) is 0 Å². The van der Waals surface area contributed by atoms with E-state index in [1.165, 1.54) is 16.7 Å². The summed E-state index contributed by atoms with van der Waals surface area (Å²) in [6.07, 6.45) is 3.01. The molecular weight excluding hydrogens is 725 g/mol. The molecule has 9 rings (SSSR count). The molecule has 0 amide bonds. The molecule has 0 N–H and O–H groups in total. The fourth-order valence-electron chi connectivity index (χ4n) is 8.59. The maximum absolute atomic E-state index is 14.1. The van der Waals surface area contributed by atoms with E-state index in [9.17, 15) is 8.42 Å². The van der Waals surface area contributed by atoms with Crippen LogP contribution in [0, 0.1) is 13.8 Å². The molecular formula is C46H50N2O7S. The molecule has 4 aliphatic heterocycles. The van der Waals surface area contributed by atoms with Crippen LogP contribution >= 0.6 is 0 Å². The Morgan fingerprint density at radius 3 is 2.09 bits per heavy atom. The van der Waals surface area contributed by atoms with E-state index < -0.39 is 9.84 Å². The third-order valence-electron chi connectivity index (χ3n) is 11.8. The lowest BCUT2D eigenvalue weighted by atomic mass is 9.86. The van der Waals surface area contributed by atoms with Crippen molar-refractivity contribution < 1.29 is 32.1 Å². The lowest BCUT2D eigenvalue weighted by Crippen LogP contribution is -2.34. The van der Waals surface area contributed by atoms with Gasteiger partial charge in [0, 0.05) is 30.7 Å². The molecule has 0 unspecified atom stereocenters. The first kappa shape index (κ1) is 37.9. The van der Waals surface area contributed by atoms with Gasteiger partial charge < -0.3 is 23.7 Å². The highest BCUT2D eigenvalue weighted by Crippen LogP contribution is 2.51. The van der Waals surface area contributed by atoms with E-state index in [-0.39, 0.29) is 22.7 Å². The molecule has 0 saturated heterocycles. The predicted molar refractivity (Wildman–Crippen MR) is 218 cm³/mol. The van der Waals surface area contributed by atoms with Crippen LogP contribution in [0.4, 0.5) is 0 Å². The van der Waals surface area contributed by atoms with Gasteiger partial charge in [-0.1, -0.05) is 35.9 Å². The van der Waals surface area contributed by atoms with Crippen molar-refractivity contribution >= 4 is 9.84 Å². The van der Waals surface area contributed by atoms with Crippen LogP contribution in [0.2, 0.25) is 0 Å². The SMILES string of the molecule is COc1cc(CS(=O)(=O)c2ccc(C)cc2)c2cc1Oc1ccc(cc1)C[C@H]1c3cc(c(C)cc3CCN1C)Oc1c(OC)c(OC)cc3c1[C@H](C2)N(C)CC3. The van der Waals surface area contributed by atoms with E-state index in [1.54, 1.807) is 33.5 Å². The Morgan fingerprint density at radius 2 is 1.39 bits per heavy atom. The Bertz CT molecular complexity index is 2390. The quantitative estimate of drug-likeness (QED) is 0.168. The second kappa shape index (κ2) is 15.1. The van der Waals surface area contributed by atoms with Crippen molar-refractivity contribution in [2.75, 3.05) is 48.5 Å². The van der Waals surface area contributed by atoms with E-state index in [1.807, 2.05) is 43.3 Å². The summed E-state index contributed by atoms with van der Waals surface area (Å²) in [4.78, 5) is 5.01. The summed E-state index contributed by atoms with van der Waals surface area (Å²) in [5.74, 6) is 3.93. The number of hydrogen-bond donors (Lipinski definition) is 0. The Morgan fingerprint density at radius 1 is 0.696 bits per heavy atom. The van der Waals surface area contributed by atoms with E-state index >= 15 is 0 Å². The first-order chi connectivity index (χ1) is 27.0. The van der Waals surface area contributed by atoms with Gasteiger partial charge in [-0.2, -0.15) is 0 Å². The molecule has 56 heavy (non-hydrogen) atoms. The number of methoxy groups -OCH3 is 3. The summed E-state index contributed by atoms with van der Waals surface area (Å²) >= 11 is 0. The Labute approximate surface area is 330 Å². The molecule has 0 fully saturated rings. The first-order valence-corrected chi connectivity index (χ1v) is 20.9. The van der Waals surface area contributed by atoms with Crippen LogP contribution in [0.5, 0.6) is 40.2 Å². The van der Waals surface area contributed by atoms with E-state index in [2.05, 4.69) is 61.2 Å². The van der Waals surface area contributed by atoms with Gasteiger partial charge in [-0.15, -0.1) is 0 Å². The molecule has 5 aromatic carbocycles. The monoisotopic (exact) mass is 774 g/mol. The number of sulfone groups is 1. The first-order valence-electron chi connectivity index (χ1n) is 19.2. The summed E-state index contributed by atoms with van der Waals surface area (Å²) in [5.41, 5.74) is 9.38. The van der Waals surface area contributed by atoms with E-state index in [0.29, 0.717) is 46.5 Å². The average Bonchev–Trinajstić information content (AvgIpc) is 3.18. The van der Waals surface area contributed by atoms with E-state index in [4.69, 9.17) is 23.7 Å². The highest BCUT2D eigenvalue weighted by atomic mass is 32.2. The number of rotatable bonds is 6. The molecule has 4 aliphatic rings. The maximum Gasteiger partial charge on any atom is 0.204 e. The Hall–Kier alpha value is -5.03. The molecule has 9 nitrogen and oxygen atoms in total. The fourth-order valence-corrected chi connectivity index (χ4v) is 9.99. The van der Waals surface area contributed by atoms with Gasteiger partial charge in [0.15, 0.2) is 32.8 Å². The molecule has 5 aromatic rings. The minimum Gasteiger partial charge on any atom is -0.493 e. The van der Waals surface area contributed by atoms with Crippen LogP contribution in [-0.2, 0) is 41.3 Å². The zero-order valence-corrected chi connectivity index (χ0v) is 34.1. The topological polar surface area (TPSA) is 86.8 Å². The fraction of sp³-hybridized carbons (Fsp3) is 0.348. The zero-order chi connectivity index (χ0) is 39.3. The van der Waals surface area contributed by atoms with Crippen LogP contribution in [0.25, 0.3) is 0 Å². The average molecular weight is 775 g/mol. The molecule has 0 spiro atoms. The number of nitrogens with zero attached hydrogens (tertiary/aromatic N) is 2. The van der Waals surface area contributed by atoms with Crippen molar-refractivity contribution in [2.45, 2.75) is 62.3 Å². The predicted octanol–water partition coefficient (Wildman–Crippen LogP) is 8.74. The van der Waals surface area contributed by atoms with Gasteiger partial charge in [0.1, 0.15) is 11.5 Å². The van der Waals surface area contributed by atoms with Crippen LogP contribution < -0.4 is 23.7 Å². The van der Waals surface area contributed by atoms with Gasteiger partial charge >= 0.3 is 0 Å². The molecule has 0 aliphatic carbocycles. The molecule has 6 bridgehead atoms. The number of fused-ring (bicyclic) bond motifs is 2. The van der Waals surface area contributed by atoms with Crippen molar-refractivity contribution in [1.82, 2.24) is 9.80 Å². The highest BCUT2D eigenvalue weighted by Gasteiger charge is 2.35. The number of likely N-dealkylation sites (N-methyl/N-ethyl adjacent to an activating group) is 2. The summed E-state index contributed by atoms with van der Waals surface area (Å²) in [6, 6.07) is 25.5. The van der Waals surface area contributed by atoms with Gasteiger partial charge in [0.05, 0.1) is 32.0 Å². The molecule has 0 radical (unpaired) electrons. The van der Waals surface area contributed by atoms with Gasteiger partial charge in [0.2, 0.25) is 5.75 Å². The minimum atomic E-state index is -3.72. The van der Waals surface area contributed by atoms with Gasteiger partial charge in [-0.05, 0) is 141 Å². The number of ether oxygens (including phenoxy) is 5. The summed E-state index contributed by atoms with van der Waals surface area (Å²) in [7, 11) is 5.46. The zero-order valence-electron chi connectivity index (χ0n) is 33.3. The lowest BCUT2D eigenvalue weighted by Gasteiger charge is -2.38. The molecule has 292 valence electrons. The Balaban J connectivity index is 1.35.